The van der Waals surface area contributed by atoms with E-state index < -0.39 is 0 Å². The van der Waals surface area contributed by atoms with Gasteiger partial charge in [-0.2, -0.15) is 12.6 Å². The van der Waals surface area contributed by atoms with Crippen LogP contribution in [-0.2, 0) is 0 Å². The van der Waals surface area contributed by atoms with Crippen molar-refractivity contribution >= 4 is 29.2 Å². The third kappa shape index (κ3) is 13.1. The van der Waals surface area contributed by atoms with Crippen molar-refractivity contribution in [1.82, 2.24) is 0 Å². The van der Waals surface area contributed by atoms with Gasteiger partial charge in [-0.05, 0) is 4.32 Å². The molecule has 1 nitrogen and oxygen atoms in total. The van der Waals surface area contributed by atoms with Crippen molar-refractivity contribution < 1.29 is 58.2 Å². The van der Waals surface area contributed by atoms with Crippen LogP contribution in [0.5, 0.6) is 0 Å². The first-order valence-corrected chi connectivity index (χ1v) is 3.23. The maximum atomic E-state index is 4.64. The van der Waals surface area contributed by atoms with Crippen LogP contribution in [0, 0.1) is 0 Å². The van der Waals surface area contributed by atoms with E-state index in [4.69, 9.17) is 0 Å². The molecule has 48 valence electrons. The minimum Gasteiger partial charge on any atom is -0.665 e. The Labute approximate surface area is 117 Å². The molecule has 0 aliphatic heterocycles. The van der Waals surface area contributed by atoms with Gasteiger partial charge in [0.25, 0.3) is 0 Å². The second kappa shape index (κ2) is 5.66. The summed E-state index contributed by atoms with van der Waals surface area (Å²) in [4.78, 5) is 0. The van der Waals surface area contributed by atoms with Crippen molar-refractivity contribution in [2.45, 2.75) is 26.3 Å². The summed E-state index contributed by atoms with van der Waals surface area (Å²) in [6, 6.07) is 0. The van der Waals surface area contributed by atoms with E-state index >= 15 is 0 Å². The third-order valence-corrected chi connectivity index (χ3v) is 0.622. The first-order chi connectivity index (χ1) is 3.42. The van der Waals surface area contributed by atoms with Crippen LogP contribution in [0.15, 0.2) is 0 Å². The van der Waals surface area contributed by atoms with E-state index in [2.05, 4.69) is 30.2 Å². The molecule has 0 bridgehead atoms. The van der Waals surface area contributed by atoms with Crippen molar-refractivity contribution in [3.63, 3.8) is 0 Å². The fourth-order valence-electron chi connectivity index (χ4n) is 0.287. The molecule has 0 fully saturated rings. The van der Waals surface area contributed by atoms with E-state index in [9.17, 15) is 0 Å². The van der Waals surface area contributed by atoms with Crippen molar-refractivity contribution in [3.8, 4) is 0 Å². The zero-order valence-corrected chi connectivity index (χ0v) is 12.9. The molecule has 0 aromatic carbocycles. The van der Waals surface area contributed by atoms with Crippen molar-refractivity contribution in [1.29, 1.82) is 0 Å². The maximum absolute atomic E-state index is 4.64. The van der Waals surface area contributed by atoms with E-state index in [1.165, 1.54) is 0 Å². The Morgan fingerprint density at radius 2 is 1.78 bits per heavy atom. The molecule has 0 saturated carbocycles. The first-order valence-electron chi connectivity index (χ1n) is 2.37. The predicted octanol–water partition coefficient (Wildman–Crippen LogP) is -0.623. The summed E-state index contributed by atoms with van der Waals surface area (Å²) in [6.07, 6.45) is 0. The summed E-state index contributed by atoms with van der Waals surface area (Å²) < 4.78 is 0.428. The molecule has 4 heteroatoms. The van der Waals surface area contributed by atoms with Crippen LogP contribution in [0.4, 0.5) is 0 Å². The zero-order chi connectivity index (χ0) is 6.78. The number of hydrogen-bond acceptors (Lipinski definition) is 1. The molecule has 0 heterocycles. The molecule has 0 saturated heterocycles. The summed E-state index contributed by atoms with van der Waals surface area (Å²) in [6.45, 7) is 5.94. The van der Waals surface area contributed by atoms with Crippen LogP contribution in [0.2, 0.25) is 0 Å². The molecular formula is C5H10NRbS2. The average Bonchev–Trinajstić information content (AvgIpc) is 1.21. The number of nitrogens with zero attached hydrogens (tertiary/aromatic N) is 1. The Morgan fingerprint density at radius 3 is 1.78 bits per heavy atom. The Balaban J connectivity index is 0. The summed E-state index contributed by atoms with van der Waals surface area (Å²) in [5, 5.41) is 4.01. The number of thiol groups is 1. The minimum atomic E-state index is -0.0706. The van der Waals surface area contributed by atoms with E-state index in [0.717, 1.165) is 0 Å². The molecule has 0 amide bonds. The van der Waals surface area contributed by atoms with Gasteiger partial charge in [0.05, 0.1) is 0 Å². The second-order valence-corrected chi connectivity index (χ2v) is 3.68. The Morgan fingerprint density at radius 1 is 1.44 bits per heavy atom. The van der Waals surface area contributed by atoms with Crippen LogP contribution < -0.4 is 58.2 Å². The van der Waals surface area contributed by atoms with Gasteiger partial charge >= 0.3 is 58.2 Å². The molecule has 9 heavy (non-hydrogen) atoms. The van der Waals surface area contributed by atoms with Gasteiger partial charge in [0.2, 0.25) is 0 Å². The standard InChI is InChI=1S/C5H11NS2.Rb/c1-5(2,3)6-4(7)8;/h1-3H3,(H2,6,7,8);/q;+1/p-1. The van der Waals surface area contributed by atoms with Gasteiger partial charge in [-0.15, -0.1) is 5.54 Å². The SMILES string of the molecule is CC(C)(C)[N-]C(=S)S.[Rb+]. The second-order valence-electron chi connectivity index (χ2n) is 2.57. The fraction of sp³-hybridized carbons (Fsp3) is 0.800. The van der Waals surface area contributed by atoms with E-state index in [0.29, 0.717) is 4.32 Å². The van der Waals surface area contributed by atoms with Gasteiger partial charge in [0.1, 0.15) is 0 Å². The van der Waals surface area contributed by atoms with Crippen LogP contribution in [0.25, 0.3) is 5.32 Å². The smallest absolute Gasteiger partial charge is 0.665 e. The topological polar surface area (TPSA) is 14.1 Å². The molecule has 0 aromatic heterocycles. The zero-order valence-electron chi connectivity index (χ0n) is 6.30. The van der Waals surface area contributed by atoms with Gasteiger partial charge in [0.15, 0.2) is 0 Å². The summed E-state index contributed by atoms with van der Waals surface area (Å²) in [5.41, 5.74) is -0.0706. The molecule has 0 unspecified atom stereocenters. The predicted molar refractivity (Wildman–Crippen MR) is 44.7 cm³/mol. The average molecular weight is 234 g/mol. The minimum absolute atomic E-state index is 0. The van der Waals surface area contributed by atoms with Crippen LogP contribution in [0.3, 0.4) is 0 Å². The van der Waals surface area contributed by atoms with Crippen LogP contribution in [0.1, 0.15) is 20.8 Å². The number of hydrogen-bond donors (Lipinski definition) is 1. The maximum Gasteiger partial charge on any atom is 1.00 e. The van der Waals surface area contributed by atoms with Crippen LogP contribution in [-0.4, -0.2) is 9.86 Å². The van der Waals surface area contributed by atoms with Gasteiger partial charge in [-0.1, -0.05) is 33.0 Å². The quantitative estimate of drug-likeness (QED) is 0.435. The van der Waals surface area contributed by atoms with Crippen molar-refractivity contribution in [2.75, 3.05) is 0 Å². The van der Waals surface area contributed by atoms with Gasteiger partial charge in [-0.3, -0.25) is 0 Å². The normalized spacial score (nSPS) is 9.78. The Kier molecular flexibility index (Phi) is 8.57. The molecule has 0 atom stereocenters. The third-order valence-electron chi connectivity index (χ3n) is 0.431. The fourth-order valence-corrected chi connectivity index (χ4v) is 0.861. The molecule has 0 rings (SSSR count). The molecule has 0 radical (unpaired) electrons. The molecule has 0 spiro atoms. The molecule has 0 aliphatic carbocycles. The molecule has 0 aromatic rings. The molecule has 0 N–H and O–H groups in total. The Hall–Kier alpha value is 2.05. The Bertz CT molecular complexity index is 97.6. The van der Waals surface area contributed by atoms with Gasteiger partial charge < -0.3 is 5.32 Å². The summed E-state index contributed by atoms with van der Waals surface area (Å²) in [7, 11) is 0. The van der Waals surface area contributed by atoms with Crippen molar-refractivity contribution in [2.24, 2.45) is 0 Å². The van der Waals surface area contributed by atoms with Gasteiger partial charge in [-0.25, -0.2) is 0 Å². The van der Waals surface area contributed by atoms with E-state index in [-0.39, 0.29) is 63.7 Å². The van der Waals surface area contributed by atoms with E-state index in [1.807, 2.05) is 20.8 Å². The number of thiocarbonyl (C=S) groups is 1. The molecular weight excluding hydrogens is 224 g/mol. The number of rotatable bonds is 0. The first kappa shape index (κ1) is 13.6. The van der Waals surface area contributed by atoms with Gasteiger partial charge in [0, 0.05) is 0 Å². The van der Waals surface area contributed by atoms with Crippen molar-refractivity contribution in [3.05, 3.63) is 5.32 Å². The van der Waals surface area contributed by atoms with Crippen LogP contribution >= 0.6 is 24.8 Å². The summed E-state index contributed by atoms with van der Waals surface area (Å²) >= 11 is 8.50. The van der Waals surface area contributed by atoms with E-state index in [1.54, 1.807) is 0 Å². The summed E-state index contributed by atoms with van der Waals surface area (Å²) in [5.74, 6) is 0. The largest absolute Gasteiger partial charge is 1.00 e. The monoisotopic (exact) mass is 233 g/mol. The molecule has 0 aliphatic rings.